The van der Waals surface area contributed by atoms with Gasteiger partial charge in [-0.15, -0.1) is 10.2 Å². The van der Waals surface area contributed by atoms with Gasteiger partial charge in [0.25, 0.3) is 5.91 Å². The largest absolute Gasteiger partial charge is 0.494 e. The number of aromatic nitrogens is 3. The monoisotopic (exact) mass is 534 g/mol. The molecule has 37 heavy (non-hydrogen) atoms. The van der Waals surface area contributed by atoms with Crippen LogP contribution in [0.4, 0.5) is 5.13 Å². The number of aliphatic hydroxyl groups is 1. The van der Waals surface area contributed by atoms with Gasteiger partial charge in [-0.2, -0.15) is 0 Å². The molecule has 8 nitrogen and oxygen atoms in total. The molecule has 1 saturated carbocycles. The van der Waals surface area contributed by atoms with Crippen molar-refractivity contribution in [3.63, 3.8) is 0 Å². The lowest BCUT2D eigenvalue weighted by molar-refractivity contribution is -0.0262. The highest BCUT2D eigenvalue weighted by atomic mass is 35.5. The smallest absolute Gasteiger partial charge is 0.258 e. The molecule has 5 rings (SSSR count). The number of nitrogens with zero attached hydrogens (tertiary/aromatic N) is 3. The summed E-state index contributed by atoms with van der Waals surface area (Å²) in [5, 5.41) is 22.8. The summed E-state index contributed by atoms with van der Waals surface area (Å²) in [5.74, 6) is 12.7. The Morgan fingerprint density at radius 2 is 2.03 bits per heavy atom. The second-order valence-electron chi connectivity index (χ2n) is 8.77. The molecular weight excluding hydrogens is 512 g/mol. The Morgan fingerprint density at radius 1 is 1.22 bits per heavy atom. The summed E-state index contributed by atoms with van der Waals surface area (Å²) >= 11 is 7.42. The van der Waals surface area contributed by atoms with Crippen molar-refractivity contribution in [2.45, 2.75) is 31.3 Å². The first-order valence-electron chi connectivity index (χ1n) is 11.8. The summed E-state index contributed by atoms with van der Waals surface area (Å²) in [5.41, 5.74) is 0.994. The molecule has 3 aromatic rings. The van der Waals surface area contributed by atoms with Crippen LogP contribution in [0.25, 0.3) is 11.1 Å². The molecule has 1 aromatic carbocycles. The van der Waals surface area contributed by atoms with Crippen LogP contribution in [0, 0.1) is 29.6 Å². The second kappa shape index (κ2) is 10.9. The highest BCUT2D eigenvalue weighted by Gasteiger charge is 2.27. The number of hydrogen-bond acceptors (Lipinski definition) is 8. The Morgan fingerprint density at radius 3 is 2.78 bits per heavy atom. The molecule has 2 N–H and O–H groups in total. The maximum Gasteiger partial charge on any atom is 0.258 e. The van der Waals surface area contributed by atoms with Gasteiger partial charge in [-0.1, -0.05) is 40.7 Å². The zero-order valence-electron chi connectivity index (χ0n) is 20.0. The van der Waals surface area contributed by atoms with E-state index < -0.39 is 5.60 Å². The lowest BCUT2D eigenvalue weighted by Gasteiger charge is -2.26. The predicted octanol–water partition coefficient (Wildman–Crippen LogP) is 4.17. The number of methoxy groups -OCH3 is 1. The number of ether oxygens (including phenoxy) is 2. The van der Waals surface area contributed by atoms with Crippen LogP contribution < -0.4 is 10.1 Å². The zero-order chi connectivity index (χ0) is 25.8. The number of pyridine rings is 1. The molecule has 188 valence electrons. The van der Waals surface area contributed by atoms with Crippen LogP contribution >= 0.6 is 22.9 Å². The lowest BCUT2D eigenvalue weighted by atomic mass is 9.93. The molecular formula is C27H23ClN4O4S. The van der Waals surface area contributed by atoms with Gasteiger partial charge in [0, 0.05) is 35.4 Å². The van der Waals surface area contributed by atoms with Gasteiger partial charge in [0.2, 0.25) is 5.13 Å². The van der Waals surface area contributed by atoms with E-state index in [4.69, 9.17) is 21.1 Å². The van der Waals surface area contributed by atoms with E-state index in [-0.39, 0.29) is 11.1 Å². The number of rotatable bonds is 4. The Hall–Kier alpha value is -3.47. The zero-order valence-corrected chi connectivity index (χ0v) is 21.6. The number of carbonyl (C=O) groups is 1. The Balaban J connectivity index is 1.48. The average molecular weight is 535 g/mol. The number of carbonyl (C=O) groups excluding carboxylic acids is 1. The predicted molar refractivity (Wildman–Crippen MR) is 141 cm³/mol. The third-order valence-corrected chi connectivity index (χ3v) is 6.93. The van der Waals surface area contributed by atoms with Crippen molar-refractivity contribution in [2.75, 3.05) is 25.6 Å². The molecule has 1 amide bonds. The quantitative estimate of drug-likeness (QED) is 0.382. The molecule has 10 heteroatoms. The topological polar surface area (TPSA) is 106 Å². The first-order chi connectivity index (χ1) is 17.9. The highest BCUT2D eigenvalue weighted by molar-refractivity contribution is 7.15. The number of benzene rings is 1. The normalized spacial score (nSPS) is 16.1. The standard InChI is InChI=1S/C27H23ClN4O4S/c1-35-22-16-29-23(28)15-21(22)20-14-18(8-9-27(34)10-12-36-13-11-27)4-6-19(20)25(33)30-26-32-31-24(37-26)7-5-17-2-3-17/h4,6,14-17,34H,2-3,10-13H2,1H3,(H,30,32,33). The maximum atomic E-state index is 13.4. The molecule has 0 radical (unpaired) electrons. The van der Waals surface area contributed by atoms with Crippen LogP contribution in [0.2, 0.25) is 5.15 Å². The van der Waals surface area contributed by atoms with E-state index in [0.29, 0.717) is 70.1 Å². The number of anilines is 1. The fraction of sp³-hybridized carbons (Fsp3) is 0.333. The molecule has 0 bridgehead atoms. The van der Waals surface area contributed by atoms with Crippen molar-refractivity contribution in [2.24, 2.45) is 5.92 Å². The molecule has 2 aromatic heterocycles. The van der Waals surface area contributed by atoms with Gasteiger partial charge in [0.1, 0.15) is 16.5 Å². The molecule has 1 saturated heterocycles. The van der Waals surface area contributed by atoms with Gasteiger partial charge in [-0.25, -0.2) is 4.98 Å². The summed E-state index contributed by atoms with van der Waals surface area (Å²) in [6.07, 6.45) is 4.62. The van der Waals surface area contributed by atoms with E-state index in [9.17, 15) is 9.90 Å². The van der Waals surface area contributed by atoms with Crippen LogP contribution in [0.5, 0.6) is 5.75 Å². The molecule has 2 aliphatic rings. The number of amides is 1. The molecule has 0 atom stereocenters. The van der Waals surface area contributed by atoms with E-state index in [1.54, 1.807) is 24.3 Å². The van der Waals surface area contributed by atoms with Crippen molar-refractivity contribution < 1.29 is 19.4 Å². The summed E-state index contributed by atoms with van der Waals surface area (Å²) in [4.78, 5) is 17.4. The fourth-order valence-corrected chi connectivity index (χ4v) is 4.49. The van der Waals surface area contributed by atoms with Crippen molar-refractivity contribution >= 4 is 34.0 Å². The van der Waals surface area contributed by atoms with Crippen LogP contribution in [0.3, 0.4) is 0 Å². The third-order valence-electron chi connectivity index (χ3n) is 5.97. The number of halogens is 1. The van der Waals surface area contributed by atoms with Crippen LogP contribution in [-0.4, -0.2) is 52.1 Å². The van der Waals surface area contributed by atoms with Crippen molar-refractivity contribution in [3.05, 3.63) is 51.7 Å². The Labute approximate surface area is 223 Å². The van der Waals surface area contributed by atoms with E-state index in [1.807, 2.05) is 0 Å². The third kappa shape index (κ3) is 6.27. The van der Waals surface area contributed by atoms with Gasteiger partial charge >= 0.3 is 0 Å². The van der Waals surface area contributed by atoms with Crippen LogP contribution in [-0.2, 0) is 4.74 Å². The van der Waals surface area contributed by atoms with E-state index in [2.05, 4.69) is 44.2 Å². The summed E-state index contributed by atoms with van der Waals surface area (Å²) in [6, 6.07) is 6.80. The van der Waals surface area contributed by atoms with E-state index >= 15 is 0 Å². The van der Waals surface area contributed by atoms with Crippen molar-refractivity contribution in [3.8, 4) is 40.6 Å². The minimum Gasteiger partial charge on any atom is -0.494 e. The molecule has 2 fully saturated rings. The molecule has 1 aliphatic heterocycles. The van der Waals surface area contributed by atoms with E-state index in [1.165, 1.54) is 24.6 Å². The van der Waals surface area contributed by atoms with Crippen LogP contribution in [0.15, 0.2) is 30.5 Å². The molecule has 0 spiro atoms. The SMILES string of the molecule is COc1cnc(Cl)cc1-c1cc(C#CC2(O)CCOCC2)ccc1C(=O)Nc1nnc(C#CC2CC2)s1. The minimum atomic E-state index is -1.11. The second-order valence-corrected chi connectivity index (χ2v) is 10.1. The maximum absolute atomic E-state index is 13.4. The first kappa shape index (κ1) is 25.2. The Kier molecular flexibility index (Phi) is 7.40. The van der Waals surface area contributed by atoms with Crippen molar-refractivity contribution in [1.82, 2.24) is 15.2 Å². The number of nitrogens with one attached hydrogen (secondary N) is 1. The van der Waals surface area contributed by atoms with Gasteiger partial charge in [-0.05, 0) is 48.6 Å². The van der Waals surface area contributed by atoms with Gasteiger partial charge in [0.15, 0.2) is 5.01 Å². The van der Waals surface area contributed by atoms with Gasteiger partial charge in [0.05, 0.1) is 26.5 Å². The molecule has 1 aliphatic carbocycles. The molecule has 0 unspecified atom stereocenters. The lowest BCUT2D eigenvalue weighted by Crippen LogP contribution is -2.34. The van der Waals surface area contributed by atoms with E-state index in [0.717, 1.165) is 12.8 Å². The highest BCUT2D eigenvalue weighted by Crippen LogP contribution is 2.35. The first-order valence-corrected chi connectivity index (χ1v) is 13.0. The molecule has 3 heterocycles. The fourth-order valence-electron chi connectivity index (χ4n) is 3.74. The summed E-state index contributed by atoms with van der Waals surface area (Å²) in [6.45, 7) is 0.920. The number of hydrogen-bond donors (Lipinski definition) is 2. The Bertz CT molecular complexity index is 1460. The summed E-state index contributed by atoms with van der Waals surface area (Å²) in [7, 11) is 1.52. The minimum absolute atomic E-state index is 0.248. The van der Waals surface area contributed by atoms with Gasteiger partial charge < -0.3 is 14.6 Å². The average Bonchev–Trinajstić information content (AvgIpc) is 3.64. The summed E-state index contributed by atoms with van der Waals surface area (Å²) < 4.78 is 10.8. The van der Waals surface area contributed by atoms with Crippen LogP contribution in [0.1, 0.15) is 46.6 Å². The van der Waals surface area contributed by atoms with Crippen molar-refractivity contribution in [1.29, 1.82) is 0 Å². The van der Waals surface area contributed by atoms with Gasteiger partial charge in [-0.3, -0.25) is 10.1 Å².